The first-order valence-electron chi connectivity index (χ1n) is 20.8. The van der Waals surface area contributed by atoms with E-state index in [-0.39, 0.29) is 0 Å². The second kappa shape index (κ2) is 14.8. The van der Waals surface area contributed by atoms with Crippen LogP contribution in [0.5, 0.6) is 0 Å². The molecule has 1 heterocycles. The number of rotatable bonds is 7. The van der Waals surface area contributed by atoms with E-state index in [4.69, 9.17) is 0 Å². The zero-order valence-electron chi connectivity index (χ0n) is 32.4. The fourth-order valence-corrected chi connectivity index (χ4v) is 10.9. The molecule has 11 rings (SSSR count). The Balaban J connectivity index is 1.06. The molecule has 0 N–H and O–H groups in total. The number of benzene rings is 9. The highest BCUT2D eigenvalue weighted by atomic mass is 32.1. The van der Waals surface area contributed by atoms with Gasteiger partial charge in [0.25, 0.3) is 0 Å². The molecule has 1 aliphatic rings. The summed E-state index contributed by atoms with van der Waals surface area (Å²) >= 11 is 1.89. The first-order valence-corrected chi connectivity index (χ1v) is 21.6. The molecular weight excluding hydrogens is 719 g/mol. The van der Waals surface area contributed by atoms with Crippen molar-refractivity contribution in [2.24, 2.45) is 0 Å². The molecule has 58 heavy (non-hydrogen) atoms. The van der Waals surface area contributed by atoms with Crippen LogP contribution in [0.2, 0.25) is 0 Å². The van der Waals surface area contributed by atoms with Gasteiger partial charge in [-0.2, -0.15) is 0 Å². The molecule has 0 aliphatic heterocycles. The van der Waals surface area contributed by atoms with Crippen LogP contribution in [0, 0.1) is 0 Å². The molecule has 1 aromatic heterocycles. The lowest BCUT2D eigenvalue weighted by molar-refractivity contribution is 0.445. The van der Waals surface area contributed by atoms with Crippen molar-refractivity contribution in [2.75, 3.05) is 4.90 Å². The second-order valence-electron chi connectivity index (χ2n) is 15.8. The van der Waals surface area contributed by atoms with Crippen molar-refractivity contribution in [1.82, 2.24) is 0 Å². The van der Waals surface area contributed by atoms with E-state index in [2.05, 4.69) is 199 Å². The summed E-state index contributed by atoms with van der Waals surface area (Å²) in [7, 11) is 0. The Morgan fingerprint density at radius 2 is 0.966 bits per heavy atom. The van der Waals surface area contributed by atoms with Crippen molar-refractivity contribution in [2.45, 2.75) is 38.0 Å². The summed E-state index contributed by atoms with van der Waals surface area (Å²) in [5, 5.41) is 7.89. The fraction of sp³-hybridized carbons (Fsp3) is 0.107. The SMILES string of the molecule is c1ccc(N(c2ccc(-c3ccc(-c4cccc5ccccc45)cc3)cc2)c2cccc3c2sc2ccccc23)c(-c2cccc3cccc(C4CCCCC4)c23)c1. The Morgan fingerprint density at radius 3 is 1.79 bits per heavy atom. The van der Waals surface area contributed by atoms with E-state index in [1.807, 2.05) is 11.3 Å². The lowest BCUT2D eigenvalue weighted by atomic mass is 9.80. The van der Waals surface area contributed by atoms with E-state index < -0.39 is 0 Å². The molecule has 0 atom stereocenters. The molecule has 10 aromatic rings. The highest BCUT2D eigenvalue weighted by Crippen LogP contribution is 2.49. The van der Waals surface area contributed by atoms with Crippen LogP contribution in [0.1, 0.15) is 43.6 Å². The van der Waals surface area contributed by atoms with Crippen molar-refractivity contribution in [3.05, 3.63) is 200 Å². The first kappa shape index (κ1) is 34.7. The van der Waals surface area contributed by atoms with Gasteiger partial charge in [0.1, 0.15) is 0 Å². The van der Waals surface area contributed by atoms with Crippen molar-refractivity contribution in [3.63, 3.8) is 0 Å². The van der Waals surface area contributed by atoms with Crippen molar-refractivity contribution < 1.29 is 0 Å². The van der Waals surface area contributed by atoms with E-state index in [0.717, 1.165) is 5.69 Å². The number of anilines is 3. The molecule has 0 bridgehead atoms. The van der Waals surface area contributed by atoms with E-state index in [1.165, 1.54) is 124 Å². The maximum atomic E-state index is 2.52. The molecule has 1 saturated carbocycles. The third-order valence-electron chi connectivity index (χ3n) is 12.5. The van der Waals surface area contributed by atoms with Crippen molar-refractivity contribution >= 4 is 70.1 Å². The van der Waals surface area contributed by atoms with Crippen molar-refractivity contribution in [1.29, 1.82) is 0 Å². The molecule has 0 saturated heterocycles. The van der Waals surface area contributed by atoms with E-state index >= 15 is 0 Å². The van der Waals surface area contributed by atoms with Crippen LogP contribution in [-0.4, -0.2) is 0 Å². The summed E-state index contributed by atoms with van der Waals surface area (Å²) in [5.74, 6) is 0.600. The molecule has 9 aromatic carbocycles. The Labute approximate surface area is 344 Å². The number of hydrogen-bond donors (Lipinski definition) is 0. The fourth-order valence-electron chi connectivity index (χ4n) is 9.68. The molecule has 0 amide bonds. The van der Waals surface area contributed by atoms with Gasteiger partial charge in [-0.3, -0.25) is 0 Å². The third kappa shape index (κ3) is 6.08. The van der Waals surface area contributed by atoms with Crippen LogP contribution in [0.15, 0.2) is 194 Å². The number of nitrogens with zero attached hydrogens (tertiary/aromatic N) is 1. The lowest BCUT2D eigenvalue weighted by Crippen LogP contribution is -2.11. The Hall–Kier alpha value is -6.48. The molecule has 1 nitrogen and oxygen atoms in total. The van der Waals surface area contributed by atoms with Gasteiger partial charge >= 0.3 is 0 Å². The smallest absolute Gasteiger partial charge is 0.0640 e. The predicted octanol–water partition coefficient (Wildman–Crippen LogP) is 16.9. The molecule has 0 radical (unpaired) electrons. The topological polar surface area (TPSA) is 3.24 Å². The molecular formula is C56H43NS. The predicted molar refractivity (Wildman–Crippen MR) is 251 cm³/mol. The lowest BCUT2D eigenvalue weighted by Gasteiger charge is -2.29. The van der Waals surface area contributed by atoms with Gasteiger partial charge in [0.05, 0.1) is 16.1 Å². The molecule has 0 unspecified atom stereocenters. The summed E-state index contributed by atoms with van der Waals surface area (Å²) in [5.41, 5.74) is 12.5. The van der Waals surface area contributed by atoms with Gasteiger partial charge in [0, 0.05) is 26.7 Å². The van der Waals surface area contributed by atoms with Crippen LogP contribution in [0.25, 0.3) is 75.1 Å². The second-order valence-corrected chi connectivity index (χ2v) is 16.9. The summed E-state index contributed by atoms with van der Waals surface area (Å²) in [6, 6.07) is 72.1. The minimum atomic E-state index is 0.600. The van der Waals surface area contributed by atoms with Gasteiger partial charge in [-0.1, -0.05) is 183 Å². The number of hydrogen-bond acceptors (Lipinski definition) is 2. The van der Waals surface area contributed by atoms with Crippen molar-refractivity contribution in [3.8, 4) is 33.4 Å². The van der Waals surface area contributed by atoms with Gasteiger partial charge in [-0.05, 0) is 104 Å². The Morgan fingerprint density at radius 1 is 0.397 bits per heavy atom. The summed E-state index contributed by atoms with van der Waals surface area (Å²) in [6.45, 7) is 0. The molecule has 0 spiro atoms. The Bertz CT molecular complexity index is 3080. The zero-order chi connectivity index (χ0) is 38.4. The van der Waals surface area contributed by atoms with Gasteiger partial charge in [-0.25, -0.2) is 0 Å². The molecule has 278 valence electrons. The van der Waals surface area contributed by atoms with Crippen LogP contribution >= 0.6 is 11.3 Å². The van der Waals surface area contributed by atoms with E-state index in [9.17, 15) is 0 Å². The molecule has 1 fully saturated rings. The number of para-hydroxylation sites is 1. The van der Waals surface area contributed by atoms with Gasteiger partial charge in [0.15, 0.2) is 0 Å². The standard InChI is InChI=1S/C56H43NS/c1-2-14-41(15-3-1)47-24-11-18-43-19-12-25-50(55(43)47)48-21-6-8-27-52(48)57(53-28-13-26-51-49-22-7-9-29-54(49)58-56(51)53)44-36-34-39(35-37-44)38-30-32-42(33-31-38)46-23-10-17-40-16-4-5-20-45(40)46/h4-13,16-37,41H,1-3,14-15H2. The highest BCUT2D eigenvalue weighted by Gasteiger charge is 2.24. The molecule has 1 aliphatic carbocycles. The highest BCUT2D eigenvalue weighted by molar-refractivity contribution is 7.26. The average molecular weight is 762 g/mol. The Kier molecular flexibility index (Phi) is 8.86. The molecule has 2 heteroatoms. The largest absolute Gasteiger partial charge is 0.308 e. The summed E-state index contributed by atoms with van der Waals surface area (Å²) in [4.78, 5) is 2.52. The minimum absolute atomic E-state index is 0.600. The summed E-state index contributed by atoms with van der Waals surface area (Å²) < 4.78 is 2.61. The normalized spacial score (nSPS) is 13.4. The van der Waals surface area contributed by atoms with Gasteiger partial charge < -0.3 is 4.90 Å². The van der Waals surface area contributed by atoms with Crippen LogP contribution < -0.4 is 4.90 Å². The average Bonchev–Trinajstić information content (AvgIpc) is 3.69. The van der Waals surface area contributed by atoms with Gasteiger partial charge in [-0.15, -0.1) is 11.3 Å². The maximum absolute atomic E-state index is 2.52. The zero-order valence-corrected chi connectivity index (χ0v) is 33.3. The number of thiophene rings is 1. The minimum Gasteiger partial charge on any atom is -0.308 e. The van der Waals surface area contributed by atoms with E-state index in [0.29, 0.717) is 5.92 Å². The van der Waals surface area contributed by atoms with Crippen LogP contribution in [0.3, 0.4) is 0 Å². The maximum Gasteiger partial charge on any atom is 0.0640 e. The van der Waals surface area contributed by atoms with E-state index in [1.54, 1.807) is 0 Å². The first-order chi connectivity index (χ1) is 28.8. The van der Waals surface area contributed by atoms with Crippen LogP contribution in [-0.2, 0) is 0 Å². The third-order valence-corrected chi connectivity index (χ3v) is 13.7. The van der Waals surface area contributed by atoms with Crippen LogP contribution in [0.4, 0.5) is 17.1 Å². The van der Waals surface area contributed by atoms with Gasteiger partial charge in [0.2, 0.25) is 0 Å². The quantitative estimate of drug-likeness (QED) is 0.156. The summed E-state index contributed by atoms with van der Waals surface area (Å²) in [6.07, 6.45) is 6.53. The number of fused-ring (bicyclic) bond motifs is 5. The monoisotopic (exact) mass is 761 g/mol.